The van der Waals surface area contributed by atoms with Gasteiger partial charge in [0.05, 0.1) is 0 Å². The molecule has 0 spiro atoms. The summed E-state index contributed by atoms with van der Waals surface area (Å²) in [6.45, 7) is 1.50. The predicted molar refractivity (Wildman–Crippen MR) is 82.8 cm³/mol. The maximum atomic E-state index is 8.58. The predicted octanol–water partition coefficient (Wildman–Crippen LogP) is 1.65. The van der Waals surface area contributed by atoms with Crippen molar-refractivity contribution in [3.8, 4) is 5.75 Å². The number of hydrogen-bond acceptors (Lipinski definition) is 5. The highest BCUT2D eigenvalue weighted by Crippen LogP contribution is 2.16. The third-order valence-electron chi connectivity index (χ3n) is 3.28. The number of nitrogens with zero attached hydrogens (tertiary/aromatic N) is 1. The smallest absolute Gasteiger partial charge is 0.170 e. The zero-order valence-electron chi connectivity index (χ0n) is 11.4. The Kier molecular flexibility index (Phi) is 6.01. The minimum atomic E-state index is 0.105. The number of hydrogen-bond donors (Lipinski definition) is 3. The van der Waals surface area contributed by atoms with Gasteiger partial charge < -0.3 is 21.0 Å². The van der Waals surface area contributed by atoms with Crippen LogP contribution in [0.2, 0.25) is 0 Å². The van der Waals surface area contributed by atoms with E-state index in [0.717, 1.165) is 12.3 Å². The molecule has 0 aliphatic carbocycles. The van der Waals surface area contributed by atoms with E-state index < -0.39 is 0 Å². The molecule has 0 unspecified atom stereocenters. The number of amidine groups is 1. The van der Waals surface area contributed by atoms with Crippen molar-refractivity contribution in [2.75, 3.05) is 24.7 Å². The first-order valence-electron chi connectivity index (χ1n) is 6.81. The van der Waals surface area contributed by atoms with Gasteiger partial charge in [-0.25, -0.2) is 0 Å². The molecular weight excluding hydrogens is 274 g/mol. The molecule has 0 aromatic heterocycles. The molecule has 5 nitrogen and oxygen atoms in total. The molecule has 1 fully saturated rings. The van der Waals surface area contributed by atoms with Gasteiger partial charge in [-0.2, -0.15) is 11.8 Å². The summed E-state index contributed by atoms with van der Waals surface area (Å²) in [6.07, 6.45) is 2.50. The maximum Gasteiger partial charge on any atom is 0.170 e. The lowest BCUT2D eigenvalue weighted by atomic mass is 10.1. The summed E-state index contributed by atoms with van der Waals surface area (Å²) in [4.78, 5) is 0. The van der Waals surface area contributed by atoms with Crippen LogP contribution >= 0.6 is 11.8 Å². The largest absolute Gasteiger partial charge is 0.492 e. The molecule has 0 saturated carbocycles. The van der Waals surface area contributed by atoms with Gasteiger partial charge in [-0.3, -0.25) is 0 Å². The van der Waals surface area contributed by atoms with Crippen LogP contribution in [0.5, 0.6) is 5.75 Å². The quantitative estimate of drug-likeness (QED) is 0.244. The summed E-state index contributed by atoms with van der Waals surface area (Å²) in [5, 5.41) is 15.1. The Bertz CT molecular complexity index is 431. The van der Waals surface area contributed by atoms with Crippen molar-refractivity contribution in [1.29, 1.82) is 0 Å². The minimum absolute atomic E-state index is 0.105. The third-order valence-corrected chi connectivity index (χ3v) is 4.33. The lowest BCUT2D eigenvalue weighted by molar-refractivity contribution is 0.302. The zero-order chi connectivity index (χ0) is 14.2. The summed E-state index contributed by atoms with van der Waals surface area (Å²) in [5.41, 5.74) is 6.17. The molecule has 0 atom stereocenters. The second-order valence-corrected chi connectivity index (χ2v) is 5.92. The molecule has 0 amide bonds. The molecule has 110 valence electrons. The van der Waals surface area contributed by atoms with Crippen LogP contribution in [-0.4, -0.2) is 41.7 Å². The second kappa shape index (κ2) is 8.01. The zero-order valence-corrected chi connectivity index (χ0v) is 12.2. The highest BCUT2D eigenvalue weighted by atomic mass is 32.2. The SMILES string of the molecule is N/C(=N/O)c1ccc(OCCNC2CCSCC2)cc1. The van der Waals surface area contributed by atoms with E-state index in [1.807, 2.05) is 23.9 Å². The molecule has 6 heteroatoms. The normalized spacial score (nSPS) is 17.1. The van der Waals surface area contributed by atoms with Gasteiger partial charge in [0.2, 0.25) is 0 Å². The van der Waals surface area contributed by atoms with Gasteiger partial charge in [-0.05, 0) is 48.6 Å². The standard InChI is InChI=1S/C14H21N3O2S/c15-14(17-18)11-1-3-13(4-2-11)19-8-7-16-12-5-9-20-10-6-12/h1-4,12,16,18H,5-10H2,(H2,15,17). The first-order chi connectivity index (χ1) is 9.79. The number of benzene rings is 1. The van der Waals surface area contributed by atoms with Gasteiger partial charge in [0.15, 0.2) is 5.84 Å². The lowest BCUT2D eigenvalue weighted by Crippen LogP contribution is -2.35. The Morgan fingerprint density at radius 3 is 2.70 bits per heavy atom. The Morgan fingerprint density at radius 1 is 1.35 bits per heavy atom. The van der Waals surface area contributed by atoms with E-state index in [2.05, 4.69) is 10.5 Å². The van der Waals surface area contributed by atoms with E-state index >= 15 is 0 Å². The fourth-order valence-corrected chi connectivity index (χ4v) is 3.22. The molecule has 2 rings (SSSR count). The fourth-order valence-electron chi connectivity index (χ4n) is 2.11. The fraction of sp³-hybridized carbons (Fsp3) is 0.500. The molecule has 0 bridgehead atoms. The van der Waals surface area contributed by atoms with Gasteiger partial charge in [0.1, 0.15) is 12.4 Å². The number of thioether (sulfide) groups is 1. The molecule has 1 saturated heterocycles. The molecule has 0 radical (unpaired) electrons. The van der Waals surface area contributed by atoms with Gasteiger partial charge in [0, 0.05) is 18.2 Å². The van der Waals surface area contributed by atoms with E-state index in [9.17, 15) is 0 Å². The minimum Gasteiger partial charge on any atom is -0.492 e. The molecule has 1 aliphatic rings. The van der Waals surface area contributed by atoms with E-state index in [1.165, 1.54) is 24.3 Å². The molecule has 4 N–H and O–H groups in total. The van der Waals surface area contributed by atoms with Crippen LogP contribution in [0.3, 0.4) is 0 Å². The summed E-state index contributed by atoms with van der Waals surface area (Å²) >= 11 is 2.03. The monoisotopic (exact) mass is 295 g/mol. The van der Waals surface area contributed by atoms with Gasteiger partial charge >= 0.3 is 0 Å². The molecule has 1 aliphatic heterocycles. The van der Waals surface area contributed by atoms with Crippen LogP contribution < -0.4 is 15.8 Å². The van der Waals surface area contributed by atoms with E-state index in [0.29, 0.717) is 18.2 Å². The molecule has 1 aromatic carbocycles. The number of ether oxygens (including phenoxy) is 1. The Hall–Kier alpha value is -1.40. The summed E-state index contributed by atoms with van der Waals surface area (Å²) in [5.74, 6) is 3.41. The first kappa shape index (κ1) is 15.0. The highest BCUT2D eigenvalue weighted by Gasteiger charge is 2.12. The average molecular weight is 295 g/mol. The highest BCUT2D eigenvalue weighted by molar-refractivity contribution is 7.99. The maximum absolute atomic E-state index is 8.58. The van der Waals surface area contributed by atoms with Gasteiger partial charge in [-0.15, -0.1) is 0 Å². The Balaban J connectivity index is 1.68. The second-order valence-electron chi connectivity index (χ2n) is 4.70. The summed E-state index contributed by atoms with van der Waals surface area (Å²) in [7, 11) is 0. The van der Waals surface area contributed by atoms with E-state index in [-0.39, 0.29) is 5.84 Å². The Morgan fingerprint density at radius 2 is 2.05 bits per heavy atom. The van der Waals surface area contributed by atoms with Crippen molar-refractivity contribution in [2.24, 2.45) is 10.9 Å². The van der Waals surface area contributed by atoms with Crippen molar-refractivity contribution < 1.29 is 9.94 Å². The molecule has 1 aromatic rings. The topological polar surface area (TPSA) is 79.9 Å². The van der Waals surface area contributed by atoms with E-state index in [4.69, 9.17) is 15.7 Å². The number of rotatable bonds is 6. The van der Waals surface area contributed by atoms with Crippen LogP contribution in [0.1, 0.15) is 18.4 Å². The molecular formula is C14H21N3O2S. The number of nitrogens with one attached hydrogen (secondary N) is 1. The molecule has 1 heterocycles. The van der Waals surface area contributed by atoms with Crippen LogP contribution in [-0.2, 0) is 0 Å². The van der Waals surface area contributed by atoms with Crippen molar-refractivity contribution in [3.63, 3.8) is 0 Å². The van der Waals surface area contributed by atoms with Crippen LogP contribution in [0.4, 0.5) is 0 Å². The molecule has 20 heavy (non-hydrogen) atoms. The first-order valence-corrected chi connectivity index (χ1v) is 7.97. The Labute approximate surface area is 123 Å². The van der Waals surface area contributed by atoms with Crippen molar-refractivity contribution >= 4 is 17.6 Å². The van der Waals surface area contributed by atoms with Crippen molar-refractivity contribution in [3.05, 3.63) is 29.8 Å². The summed E-state index contributed by atoms with van der Waals surface area (Å²) in [6, 6.07) is 7.84. The van der Waals surface area contributed by atoms with Crippen LogP contribution in [0, 0.1) is 0 Å². The van der Waals surface area contributed by atoms with Crippen molar-refractivity contribution in [1.82, 2.24) is 5.32 Å². The van der Waals surface area contributed by atoms with Crippen LogP contribution in [0.15, 0.2) is 29.4 Å². The number of oxime groups is 1. The average Bonchev–Trinajstić information content (AvgIpc) is 2.52. The van der Waals surface area contributed by atoms with Crippen LogP contribution in [0.25, 0.3) is 0 Å². The van der Waals surface area contributed by atoms with Gasteiger partial charge in [0.25, 0.3) is 0 Å². The number of nitrogens with two attached hydrogens (primary N) is 1. The lowest BCUT2D eigenvalue weighted by Gasteiger charge is -2.22. The van der Waals surface area contributed by atoms with E-state index in [1.54, 1.807) is 12.1 Å². The third kappa shape index (κ3) is 4.61. The summed E-state index contributed by atoms with van der Waals surface area (Å²) < 4.78 is 5.65. The van der Waals surface area contributed by atoms with Gasteiger partial charge in [-0.1, -0.05) is 5.16 Å². The van der Waals surface area contributed by atoms with Crippen molar-refractivity contribution in [2.45, 2.75) is 18.9 Å².